The van der Waals surface area contributed by atoms with Crippen LogP contribution in [0.3, 0.4) is 0 Å². The van der Waals surface area contributed by atoms with Crippen LogP contribution in [0.25, 0.3) is 0 Å². The molecule has 0 saturated heterocycles. The van der Waals surface area contributed by atoms with E-state index in [0.717, 1.165) is 5.70 Å². The van der Waals surface area contributed by atoms with Gasteiger partial charge in [-0.25, -0.2) is 0 Å². The monoisotopic (exact) mass is 203 g/mol. The van der Waals surface area contributed by atoms with Gasteiger partial charge in [0, 0.05) is 11.8 Å². The Morgan fingerprint density at radius 2 is 1.83 bits per heavy atom. The van der Waals surface area contributed by atoms with Crippen molar-refractivity contribution in [1.29, 1.82) is 0 Å². The average molecular weight is 203 g/mol. The molecule has 0 heterocycles. The van der Waals surface area contributed by atoms with E-state index in [1.807, 2.05) is 14.0 Å². The number of thiol groups is 1. The third-order valence-electron chi connectivity index (χ3n) is 1.87. The van der Waals surface area contributed by atoms with E-state index in [0.29, 0.717) is 0 Å². The Labute approximate surface area is 81.1 Å². The second-order valence-corrected chi connectivity index (χ2v) is 9.31. The molecule has 12 heavy (non-hydrogen) atoms. The number of nitrogens with zero attached hydrogens (tertiary/aromatic N) is 1. The first-order chi connectivity index (χ1) is 5.25. The lowest BCUT2D eigenvalue weighted by atomic mass is 10.4. The van der Waals surface area contributed by atoms with E-state index in [1.54, 1.807) is 6.08 Å². The summed E-state index contributed by atoms with van der Waals surface area (Å²) < 4.78 is 2.18. The van der Waals surface area contributed by atoms with E-state index in [2.05, 4.69) is 36.8 Å². The van der Waals surface area contributed by atoms with Crippen LogP contribution in [0.1, 0.15) is 6.92 Å². The van der Waals surface area contributed by atoms with Gasteiger partial charge in [-0.15, -0.1) is 12.6 Å². The van der Waals surface area contributed by atoms with E-state index in [-0.39, 0.29) is 5.12 Å². The fourth-order valence-electron chi connectivity index (χ4n) is 0.805. The zero-order valence-electron chi connectivity index (χ0n) is 8.38. The molecule has 0 aliphatic heterocycles. The SMILES string of the molecule is C/C(=C/C(=O)S)N(C)[Si](C)(C)C. The Morgan fingerprint density at radius 3 is 2.08 bits per heavy atom. The zero-order chi connectivity index (χ0) is 9.94. The quantitative estimate of drug-likeness (QED) is 0.431. The summed E-state index contributed by atoms with van der Waals surface area (Å²) in [5, 5.41) is -0.183. The molecule has 0 fully saturated rings. The van der Waals surface area contributed by atoms with E-state index in [1.165, 1.54) is 0 Å². The van der Waals surface area contributed by atoms with Crippen LogP contribution in [0.4, 0.5) is 0 Å². The molecular weight excluding hydrogens is 186 g/mol. The molecule has 0 rings (SSSR count). The minimum absolute atomic E-state index is 0.183. The van der Waals surface area contributed by atoms with Crippen molar-refractivity contribution in [3.05, 3.63) is 11.8 Å². The lowest BCUT2D eigenvalue weighted by Gasteiger charge is -2.32. The highest BCUT2D eigenvalue weighted by atomic mass is 32.1. The second-order valence-electron chi connectivity index (χ2n) is 3.85. The molecule has 0 bridgehead atoms. The summed E-state index contributed by atoms with van der Waals surface area (Å²) in [7, 11) is 0.711. The number of carbonyl (C=O) groups is 1. The van der Waals surface area contributed by atoms with E-state index in [9.17, 15) is 4.79 Å². The molecule has 0 aromatic carbocycles. The van der Waals surface area contributed by atoms with Gasteiger partial charge < -0.3 is 4.57 Å². The number of hydrogen-bond acceptors (Lipinski definition) is 2. The minimum Gasteiger partial charge on any atom is -0.404 e. The second kappa shape index (κ2) is 4.14. The maximum atomic E-state index is 10.7. The Bertz CT molecular complexity index is 208. The van der Waals surface area contributed by atoms with Gasteiger partial charge >= 0.3 is 0 Å². The van der Waals surface area contributed by atoms with E-state index < -0.39 is 8.24 Å². The highest BCUT2D eigenvalue weighted by Crippen LogP contribution is 2.13. The largest absolute Gasteiger partial charge is 0.404 e. The molecule has 0 N–H and O–H groups in total. The summed E-state index contributed by atoms with van der Waals surface area (Å²) in [6, 6.07) is 0. The minimum atomic E-state index is -1.31. The van der Waals surface area contributed by atoms with Gasteiger partial charge in [0.05, 0.1) is 0 Å². The molecule has 70 valence electrons. The molecule has 4 heteroatoms. The van der Waals surface area contributed by atoms with Crippen molar-refractivity contribution in [1.82, 2.24) is 4.57 Å². The Kier molecular flexibility index (Phi) is 4.06. The van der Waals surface area contributed by atoms with Crippen LogP contribution in [0.2, 0.25) is 19.6 Å². The average Bonchev–Trinajstić information content (AvgIpc) is 1.82. The fourth-order valence-corrected chi connectivity index (χ4v) is 2.11. The van der Waals surface area contributed by atoms with Gasteiger partial charge in [-0.05, 0) is 14.0 Å². The van der Waals surface area contributed by atoms with Crippen molar-refractivity contribution in [2.24, 2.45) is 0 Å². The Morgan fingerprint density at radius 1 is 1.42 bits per heavy atom. The van der Waals surface area contributed by atoms with Crippen LogP contribution in [0.15, 0.2) is 11.8 Å². The van der Waals surface area contributed by atoms with Gasteiger partial charge in [0.15, 0.2) is 0 Å². The van der Waals surface area contributed by atoms with Crippen molar-refractivity contribution >= 4 is 26.0 Å². The van der Waals surface area contributed by atoms with Gasteiger partial charge in [0.1, 0.15) is 8.24 Å². The standard InChI is InChI=1S/C8H17NOSSi/c1-7(6-8(10)11)9(2)12(3,4)5/h6H,1-5H3,(H,10,11)/b7-6-. The molecule has 0 aliphatic carbocycles. The first-order valence-electron chi connectivity index (χ1n) is 3.90. The molecule has 0 aromatic rings. The van der Waals surface area contributed by atoms with Crippen molar-refractivity contribution in [2.75, 3.05) is 7.05 Å². The number of hydrogen-bond donors (Lipinski definition) is 1. The van der Waals surface area contributed by atoms with Crippen molar-refractivity contribution < 1.29 is 4.79 Å². The maximum Gasteiger partial charge on any atom is 0.210 e. The molecule has 2 nitrogen and oxygen atoms in total. The molecule has 0 aromatic heterocycles. The normalized spacial score (nSPS) is 13.0. The number of allylic oxidation sites excluding steroid dienone is 1. The molecular formula is C8H17NOSSi. The van der Waals surface area contributed by atoms with E-state index in [4.69, 9.17) is 0 Å². The smallest absolute Gasteiger partial charge is 0.210 e. The van der Waals surface area contributed by atoms with Crippen molar-refractivity contribution in [3.8, 4) is 0 Å². The van der Waals surface area contributed by atoms with Gasteiger partial charge in [0.2, 0.25) is 5.12 Å². The molecule has 0 saturated carbocycles. The lowest BCUT2D eigenvalue weighted by molar-refractivity contribution is -0.106. The van der Waals surface area contributed by atoms with Gasteiger partial charge in [-0.1, -0.05) is 19.6 Å². The lowest BCUT2D eigenvalue weighted by Crippen LogP contribution is -2.41. The van der Waals surface area contributed by atoms with Crippen molar-refractivity contribution in [3.63, 3.8) is 0 Å². The summed E-state index contributed by atoms with van der Waals surface area (Å²) >= 11 is 3.70. The molecule has 0 spiro atoms. The summed E-state index contributed by atoms with van der Waals surface area (Å²) in [5.74, 6) is 0. The van der Waals surface area contributed by atoms with Crippen LogP contribution >= 0.6 is 12.6 Å². The molecule has 0 radical (unpaired) electrons. The van der Waals surface area contributed by atoms with Crippen LogP contribution in [0, 0.1) is 0 Å². The molecule has 0 atom stereocenters. The van der Waals surface area contributed by atoms with E-state index >= 15 is 0 Å². The van der Waals surface area contributed by atoms with Gasteiger partial charge in [0.25, 0.3) is 0 Å². The Balaban J connectivity index is 4.50. The summed E-state index contributed by atoms with van der Waals surface area (Å²) in [5.41, 5.74) is 0.995. The highest BCUT2D eigenvalue weighted by molar-refractivity contribution is 7.97. The summed E-state index contributed by atoms with van der Waals surface area (Å²) in [4.78, 5) is 10.7. The first-order valence-corrected chi connectivity index (χ1v) is 7.79. The van der Waals surface area contributed by atoms with Crippen LogP contribution in [0.5, 0.6) is 0 Å². The third-order valence-corrected chi connectivity index (χ3v) is 4.36. The van der Waals surface area contributed by atoms with Gasteiger partial charge in [-0.3, -0.25) is 4.79 Å². The predicted molar refractivity (Wildman–Crippen MR) is 58.9 cm³/mol. The topological polar surface area (TPSA) is 20.3 Å². The first kappa shape index (κ1) is 11.8. The van der Waals surface area contributed by atoms with Gasteiger partial charge in [-0.2, -0.15) is 0 Å². The number of rotatable bonds is 3. The zero-order valence-corrected chi connectivity index (χ0v) is 10.3. The van der Waals surface area contributed by atoms with Crippen molar-refractivity contribution in [2.45, 2.75) is 26.6 Å². The summed E-state index contributed by atoms with van der Waals surface area (Å²) in [6.45, 7) is 8.63. The molecule has 0 amide bonds. The highest BCUT2D eigenvalue weighted by Gasteiger charge is 2.20. The summed E-state index contributed by atoms with van der Waals surface area (Å²) in [6.07, 6.45) is 1.56. The van der Waals surface area contributed by atoms with Crippen LogP contribution < -0.4 is 0 Å². The van der Waals surface area contributed by atoms with Crippen LogP contribution in [-0.4, -0.2) is 25.0 Å². The fraction of sp³-hybridized carbons (Fsp3) is 0.625. The molecule has 0 aliphatic rings. The predicted octanol–water partition coefficient (Wildman–Crippen LogP) is 2.11. The number of carbonyl (C=O) groups excluding carboxylic acids is 1. The Hall–Kier alpha value is -0.223. The maximum absolute atomic E-state index is 10.7. The molecule has 0 unspecified atom stereocenters. The van der Waals surface area contributed by atoms with Crippen LogP contribution in [-0.2, 0) is 4.79 Å². The third kappa shape index (κ3) is 3.97.